The van der Waals surface area contributed by atoms with Gasteiger partial charge in [-0.05, 0) is 23.8 Å². The molecule has 6 heteroatoms. The third-order valence-corrected chi connectivity index (χ3v) is 9.51. The molecule has 0 aliphatic heterocycles. The number of hydrogen-bond donors (Lipinski definition) is 0. The molecular formula is C49H33N5O. The van der Waals surface area contributed by atoms with Crippen LogP contribution in [0, 0.1) is 0 Å². The Morgan fingerprint density at radius 3 is 1.53 bits per heavy atom. The maximum Gasteiger partial charge on any atom is 0.167 e. The molecule has 0 fully saturated rings. The summed E-state index contributed by atoms with van der Waals surface area (Å²) in [5.74, 6) is 2.31. The van der Waals surface area contributed by atoms with Crippen molar-refractivity contribution in [2.45, 2.75) is 0 Å². The first-order valence-electron chi connectivity index (χ1n) is 18.0. The molecule has 0 saturated carbocycles. The van der Waals surface area contributed by atoms with Gasteiger partial charge in [0.25, 0.3) is 0 Å². The van der Waals surface area contributed by atoms with Crippen molar-refractivity contribution in [1.82, 2.24) is 24.9 Å². The molecule has 0 atom stereocenters. The number of para-hydroxylation sites is 2. The molecule has 0 N–H and O–H groups in total. The molecule has 9 rings (SSSR count). The van der Waals surface area contributed by atoms with Crippen molar-refractivity contribution in [2.75, 3.05) is 0 Å². The lowest BCUT2D eigenvalue weighted by Crippen LogP contribution is -2.00. The molecule has 0 radical (unpaired) electrons. The van der Waals surface area contributed by atoms with E-state index in [9.17, 15) is 0 Å². The summed E-state index contributed by atoms with van der Waals surface area (Å²) in [5, 5.41) is 1.98. The van der Waals surface area contributed by atoms with E-state index in [0.717, 1.165) is 72.3 Å². The van der Waals surface area contributed by atoms with Gasteiger partial charge in [-0.3, -0.25) is 0 Å². The summed E-state index contributed by atoms with van der Waals surface area (Å²) in [6, 6.07) is 52.9. The Morgan fingerprint density at radius 2 is 0.927 bits per heavy atom. The zero-order chi connectivity index (χ0) is 37.1. The van der Waals surface area contributed by atoms with Crippen molar-refractivity contribution in [1.29, 1.82) is 0 Å². The van der Waals surface area contributed by atoms with Gasteiger partial charge in [-0.2, -0.15) is 0 Å². The summed E-state index contributed by atoms with van der Waals surface area (Å²) in [4.78, 5) is 24.8. The number of rotatable bonds is 9. The first-order valence-corrected chi connectivity index (χ1v) is 18.0. The highest BCUT2D eigenvalue weighted by atomic mass is 16.3. The van der Waals surface area contributed by atoms with Crippen molar-refractivity contribution < 1.29 is 4.42 Å². The van der Waals surface area contributed by atoms with Gasteiger partial charge in [0.15, 0.2) is 23.3 Å². The van der Waals surface area contributed by atoms with Crippen LogP contribution in [0.15, 0.2) is 194 Å². The minimum atomic E-state index is 0.541. The van der Waals surface area contributed by atoms with Crippen LogP contribution in [0.2, 0.25) is 0 Å². The van der Waals surface area contributed by atoms with E-state index in [-0.39, 0.29) is 0 Å². The minimum absolute atomic E-state index is 0.541. The quantitative estimate of drug-likeness (QED) is 0.139. The lowest BCUT2D eigenvalue weighted by molar-refractivity contribution is 0.670. The Labute approximate surface area is 318 Å². The lowest BCUT2D eigenvalue weighted by atomic mass is 9.98. The topological polar surface area (TPSA) is 77.6 Å². The minimum Gasteiger partial charge on any atom is -0.455 e. The van der Waals surface area contributed by atoms with Crippen LogP contribution in [-0.2, 0) is 0 Å². The van der Waals surface area contributed by atoms with Gasteiger partial charge in [0, 0.05) is 44.2 Å². The Morgan fingerprint density at radius 1 is 0.436 bits per heavy atom. The van der Waals surface area contributed by atoms with Crippen LogP contribution in [0.1, 0.15) is 5.82 Å². The van der Waals surface area contributed by atoms with Gasteiger partial charge in [0.05, 0.1) is 17.0 Å². The van der Waals surface area contributed by atoms with Crippen LogP contribution in [0.25, 0.3) is 95.3 Å². The molecule has 3 aromatic heterocycles. The molecular weight excluding hydrogens is 675 g/mol. The Bertz CT molecular complexity index is 2840. The average molecular weight is 708 g/mol. The molecule has 0 bridgehead atoms. The fourth-order valence-electron chi connectivity index (χ4n) is 6.84. The summed E-state index contributed by atoms with van der Waals surface area (Å²) < 4.78 is 6.88. The molecule has 0 spiro atoms. The molecule has 6 nitrogen and oxygen atoms in total. The van der Waals surface area contributed by atoms with E-state index >= 15 is 0 Å². The fourth-order valence-corrected chi connectivity index (χ4v) is 6.84. The van der Waals surface area contributed by atoms with Crippen molar-refractivity contribution in [3.8, 4) is 67.8 Å². The second-order valence-electron chi connectivity index (χ2n) is 13.0. The van der Waals surface area contributed by atoms with Crippen molar-refractivity contribution in [2.24, 2.45) is 0 Å². The largest absolute Gasteiger partial charge is 0.455 e. The van der Waals surface area contributed by atoms with Gasteiger partial charge in [-0.1, -0.05) is 171 Å². The summed E-state index contributed by atoms with van der Waals surface area (Å²) >= 11 is 0. The molecule has 9 aromatic rings. The average Bonchev–Trinajstić information content (AvgIpc) is 3.65. The fraction of sp³-hybridized carbons (Fsp3) is 0. The monoisotopic (exact) mass is 707 g/mol. The van der Waals surface area contributed by atoms with Gasteiger partial charge in [-0.25, -0.2) is 24.9 Å². The van der Waals surface area contributed by atoms with Crippen LogP contribution in [0.4, 0.5) is 0 Å². The van der Waals surface area contributed by atoms with Crippen molar-refractivity contribution >= 4 is 27.5 Å². The van der Waals surface area contributed by atoms with Crippen LogP contribution in [0.3, 0.4) is 0 Å². The van der Waals surface area contributed by atoms with Gasteiger partial charge >= 0.3 is 0 Å². The first kappa shape index (κ1) is 33.3. The number of allylic oxidation sites excluding steroid dienone is 4. The van der Waals surface area contributed by atoms with E-state index in [1.807, 2.05) is 103 Å². The molecule has 6 aromatic carbocycles. The zero-order valence-electron chi connectivity index (χ0n) is 29.8. The van der Waals surface area contributed by atoms with Crippen molar-refractivity contribution in [3.63, 3.8) is 0 Å². The van der Waals surface area contributed by atoms with Gasteiger partial charge < -0.3 is 4.42 Å². The third-order valence-electron chi connectivity index (χ3n) is 9.51. The normalized spacial score (nSPS) is 11.5. The number of hydrogen-bond acceptors (Lipinski definition) is 6. The van der Waals surface area contributed by atoms with E-state index in [1.165, 1.54) is 0 Å². The highest BCUT2D eigenvalue weighted by Crippen LogP contribution is 2.40. The zero-order valence-corrected chi connectivity index (χ0v) is 29.8. The molecule has 0 unspecified atom stereocenters. The Hall–Kier alpha value is -7.57. The van der Waals surface area contributed by atoms with Gasteiger partial charge in [0.2, 0.25) is 0 Å². The standard InChI is InChI=1S/C49H33N5O/c1-3-17-32(4-2)46-50-42(33-18-8-5-9-19-33)31-43(51-46)37-25-14-24-36(30-37)38-26-15-27-39-40-28-16-29-41(45(40)55-44(38)39)49-53-47(34-20-10-6-11-21-34)52-48(54-49)35-22-12-7-13-23-35/h3-31H,1-2H2. The first-order chi connectivity index (χ1) is 27.2. The number of nitrogens with zero attached hydrogens (tertiary/aromatic N) is 5. The number of furan rings is 1. The van der Waals surface area contributed by atoms with E-state index < -0.39 is 0 Å². The van der Waals surface area contributed by atoms with Crippen LogP contribution in [0.5, 0.6) is 0 Å². The molecule has 0 aliphatic carbocycles. The number of benzene rings is 6. The molecule has 0 aliphatic rings. The molecule has 55 heavy (non-hydrogen) atoms. The molecule has 0 amide bonds. The smallest absolute Gasteiger partial charge is 0.167 e. The van der Waals surface area contributed by atoms with E-state index in [1.54, 1.807) is 12.2 Å². The lowest BCUT2D eigenvalue weighted by Gasteiger charge is -2.11. The second kappa shape index (κ2) is 14.5. The van der Waals surface area contributed by atoms with Gasteiger partial charge in [-0.15, -0.1) is 0 Å². The Balaban J connectivity index is 1.19. The number of fused-ring (bicyclic) bond motifs is 3. The van der Waals surface area contributed by atoms with Crippen LogP contribution >= 0.6 is 0 Å². The van der Waals surface area contributed by atoms with E-state index in [0.29, 0.717) is 28.9 Å². The van der Waals surface area contributed by atoms with E-state index in [4.69, 9.17) is 29.3 Å². The highest BCUT2D eigenvalue weighted by Gasteiger charge is 2.20. The summed E-state index contributed by atoms with van der Waals surface area (Å²) in [5.41, 5.74) is 10.4. The van der Waals surface area contributed by atoms with Gasteiger partial charge in [0.1, 0.15) is 11.2 Å². The number of aromatic nitrogens is 5. The van der Waals surface area contributed by atoms with Crippen LogP contribution in [-0.4, -0.2) is 24.9 Å². The maximum absolute atomic E-state index is 6.88. The molecule has 3 heterocycles. The highest BCUT2D eigenvalue weighted by molar-refractivity contribution is 6.12. The Kier molecular flexibility index (Phi) is 8.74. The van der Waals surface area contributed by atoms with Crippen molar-refractivity contribution in [3.05, 3.63) is 195 Å². The second-order valence-corrected chi connectivity index (χ2v) is 13.0. The predicted octanol–water partition coefficient (Wildman–Crippen LogP) is 12.3. The third kappa shape index (κ3) is 6.43. The molecule has 260 valence electrons. The van der Waals surface area contributed by atoms with Crippen LogP contribution < -0.4 is 0 Å². The molecule has 0 saturated heterocycles. The summed E-state index contributed by atoms with van der Waals surface area (Å²) in [6.45, 7) is 7.88. The SMILES string of the molecule is C=CC=C(C=C)c1nc(-c2ccccc2)cc(-c2cccc(-c3cccc4c3oc3c(-c5nc(-c6ccccc6)nc(-c6ccccc6)n5)cccc34)c2)n1. The maximum atomic E-state index is 6.88. The predicted molar refractivity (Wildman–Crippen MR) is 224 cm³/mol. The summed E-state index contributed by atoms with van der Waals surface area (Å²) in [6.07, 6.45) is 5.35. The summed E-state index contributed by atoms with van der Waals surface area (Å²) in [7, 11) is 0. The van der Waals surface area contributed by atoms with E-state index in [2.05, 4.69) is 73.8 Å².